The average molecular weight is 300 g/mol. The van der Waals surface area contributed by atoms with E-state index in [0.29, 0.717) is 5.69 Å². The van der Waals surface area contributed by atoms with Crippen LogP contribution in [0.5, 0.6) is 5.75 Å². The molecule has 2 atom stereocenters. The van der Waals surface area contributed by atoms with Crippen LogP contribution in [-0.4, -0.2) is 27.7 Å². The van der Waals surface area contributed by atoms with Gasteiger partial charge >= 0.3 is 0 Å². The van der Waals surface area contributed by atoms with Crippen molar-refractivity contribution in [2.24, 2.45) is 5.14 Å². The Kier molecular flexibility index (Phi) is 4.52. The van der Waals surface area contributed by atoms with E-state index in [-0.39, 0.29) is 22.9 Å². The first-order valence-corrected chi connectivity index (χ1v) is 8.06. The quantitative estimate of drug-likeness (QED) is 0.814. The standard InChI is InChI=1S/C13H20N2O4S/c1-18-10-3-2-4-11(8-10)19-12-6-5-9(14)7-13(12)20(15,16)17/h5-7,10-11H,2-4,8,14H2,1H3,(H2,15,16,17). The highest BCUT2D eigenvalue weighted by molar-refractivity contribution is 7.89. The molecule has 0 saturated heterocycles. The minimum Gasteiger partial charge on any atom is -0.489 e. The maximum Gasteiger partial charge on any atom is 0.241 e. The number of hydrogen-bond donors (Lipinski definition) is 2. The van der Waals surface area contributed by atoms with Gasteiger partial charge < -0.3 is 15.2 Å². The monoisotopic (exact) mass is 300 g/mol. The lowest BCUT2D eigenvalue weighted by Crippen LogP contribution is -2.30. The molecule has 1 aromatic rings. The largest absolute Gasteiger partial charge is 0.489 e. The molecule has 2 rings (SSSR count). The molecule has 1 fully saturated rings. The molecule has 6 nitrogen and oxygen atoms in total. The molecular formula is C13H20N2O4S. The first kappa shape index (κ1) is 15.1. The Hall–Kier alpha value is -1.31. The van der Waals surface area contributed by atoms with Gasteiger partial charge in [0.2, 0.25) is 10.0 Å². The van der Waals surface area contributed by atoms with Gasteiger partial charge in [0.15, 0.2) is 0 Å². The molecular weight excluding hydrogens is 280 g/mol. The molecule has 0 bridgehead atoms. The Morgan fingerprint density at radius 2 is 1.95 bits per heavy atom. The minimum absolute atomic E-state index is 0.0715. The van der Waals surface area contributed by atoms with Crippen LogP contribution >= 0.6 is 0 Å². The topological polar surface area (TPSA) is 105 Å². The van der Waals surface area contributed by atoms with Crippen molar-refractivity contribution in [3.63, 3.8) is 0 Å². The van der Waals surface area contributed by atoms with Gasteiger partial charge in [-0.3, -0.25) is 0 Å². The third kappa shape index (κ3) is 3.62. The Balaban J connectivity index is 2.21. The highest BCUT2D eigenvalue weighted by Crippen LogP contribution is 2.30. The molecule has 1 aliphatic carbocycles. The summed E-state index contributed by atoms with van der Waals surface area (Å²) in [5, 5.41) is 5.20. The summed E-state index contributed by atoms with van der Waals surface area (Å²) in [5.41, 5.74) is 5.94. The van der Waals surface area contributed by atoms with Crippen LogP contribution in [0.25, 0.3) is 0 Å². The van der Waals surface area contributed by atoms with E-state index < -0.39 is 10.0 Å². The molecule has 2 unspecified atom stereocenters. The van der Waals surface area contributed by atoms with Gasteiger partial charge in [-0.2, -0.15) is 0 Å². The van der Waals surface area contributed by atoms with E-state index in [2.05, 4.69) is 0 Å². The van der Waals surface area contributed by atoms with Crippen molar-refractivity contribution in [3.05, 3.63) is 18.2 Å². The first-order chi connectivity index (χ1) is 9.40. The molecule has 0 radical (unpaired) electrons. The number of nitrogens with two attached hydrogens (primary N) is 2. The third-order valence-electron chi connectivity index (χ3n) is 3.48. The van der Waals surface area contributed by atoms with Crippen molar-refractivity contribution in [2.45, 2.75) is 42.8 Å². The lowest BCUT2D eigenvalue weighted by atomic mass is 9.95. The fraction of sp³-hybridized carbons (Fsp3) is 0.538. The van der Waals surface area contributed by atoms with Crippen LogP contribution in [0.1, 0.15) is 25.7 Å². The van der Waals surface area contributed by atoms with Crippen LogP contribution in [0.3, 0.4) is 0 Å². The van der Waals surface area contributed by atoms with Gasteiger partial charge in [-0.1, -0.05) is 0 Å². The Bertz CT molecular complexity index is 574. The smallest absolute Gasteiger partial charge is 0.241 e. The molecule has 0 spiro atoms. The number of rotatable bonds is 4. The number of methoxy groups -OCH3 is 1. The van der Waals surface area contributed by atoms with E-state index in [1.54, 1.807) is 19.2 Å². The molecule has 112 valence electrons. The minimum atomic E-state index is -3.86. The van der Waals surface area contributed by atoms with Gasteiger partial charge in [0.05, 0.1) is 6.10 Å². The maximum absolute atomic E-state index is 11.6. The highest BCUT2D eigenvalue weighted by atomic mass is 32.2. The fourth-order valence-corrected chi connectivity index (χ4v) is 3.14. The van der Waals surface area contributed by atoms with Crippen molar-refractivity contribution >= 4 is 15.7 Å². The summed E-state index contributed by atoms with van der Waals surface area (Å²) in [6.07, 6.45) is 3.68. The summed E-state index contributed by atoms with van der Waals surface area (Å²) in [6, 6.07) is 4.47. The predicted molar refractivity (Wildman–Crippen MR) is 75.9 cm³/mol. The van der Waals surface area contributed by atoms with Crippen LogP contribution in [-0.2, 0) is 14.8 Å². The summed E-state index contributed by atoms with van der Waals surface area (Å²) >= 11 is 0. The molecule has 20 heavy (non-hydrogen) atoms. The molecule has 7 heteroatoms. The van der Waals surface area contributed by atoms with Gasteiger partial charge in [-0.25, -0.2) is 13.6 Å². The average Bonchev–Trinajstić information content (AvgIpc) is 2.40. The van der Waals surface area contributed by atoms with E-state index >= 15 is 0 Å². The molecule has 4 N–H and O–H groups in total. The second-order valence-electron chi connectivity index (χ2n) is 5.02. The van der Waals surface area contributed by atoms with Crippen molar-refractivity contribution in [2.75, 3.05) is 12.8 Å². The number of nitrogen functional groups attached to an aromatic ring is 1. The van der Waals surface area contributed by atoms with Gasteiger partial charge in [0.1, 0.15) is 16.7 Å². The summed E-state index contributed by atoms with van der Waals surface area (Å²) in [7, 11) is -2.19. The van der Waals surface area contributed by atoms with E-state index in [0.717, 1.165) is 25.7 Å². The SMILES string of the molecule is COC1CCCC(Oc2ccc(N)cc2S(N)(=O)=O)C1. The number of sulfonamides is 1. The lowest BCUT2D eigenvalue weighted by Gasteiger charge is -2.29. The Morgan fingerprint density at radius 1 is 1.25 bits per heavy atom. The molecule has 1 saturated carbocycles. The zero-order valence-electron chi connectivity index (χ0n) is 11.4. The first-order valence-electron chi connectivity index (χ1n) is 6.52. The van der Waals surface area contributed by atoms with Crippen molar-refractivity contribution < 1.29 is 17.9 Å². The molecule has 0 aromatic heterocycles. The lowest BCUT2D eigenvalue weighted by molar-refractivity contribution is 0.0200. The van der Waals surface area contributed by atoms with Crippen LogP contribution in [0.2, 0.25) is 0 Å². The normalized spacial score (nSPS) is 23.5. The summed E-state index contributed by atoms with van der Waals surface area (Å²) in [6.45, 7) is 0. The summed E-state index contributed by atoms with van der Waals surface area (Å²) in [5.74, 6) is 0.253. The van der Waals surface area contributed by atoms with Gasteiger partial charge in [-0.05, 0) is 37.5 Å². The van der Waals surface area contributed by atoms with E-state index in [9.17, 15) is 8.42 Å². The summed E-state index contributed by atoms with van der Waals surface area (Å²) < 4.78 is 34.3. The van der Waals surface area contributed by atoms with E-state index in [4.69, 9.17) is 20.3 Å². The fourth-order valence-electron chi connectivity index (χ4n) is 2.45. The Morgan fingerprint density at radius 3 is 2.60 bits per heavy atom. The molecule has 0 heterocycles. The molecule has 1 aliphatic rings. The number of ether oxygens (including phenoxy) is 2. The number of primary sulfonamides is 1. The van der Waals surface area contributed by atoms with Crippen LogP contribution in [0.15, 0.2) is 23.1 Å². The van der Waals surface area contributed by atoms with E-state index in [1.165, 1.54) is 6.07 Å². The zero-order valence-corrected chi connectivity index (χ0v) is 12.2. The Labute approximate surface area is 119 Å². The van der Waals surface area contributed by atoms with E-state index in [1.807, 2.05) is 0 Å². The van der Waals surface area contributed by atoms with Crippen LogP contribution in [0, 0.1) is 0 Å². The van der Waals surface area contributed by atoms with Crippen LogP contribution in [0.4, 0.5) is 5.69 Å². The number of hydrogen-bond acceptors (Lipinski definition) is 5. The van der Waals surface area contributed by atoms with Crippen molar-refractivity contribution in [1.82, 2.24) is 0 Å². The van der Waals surface area contributed by atoms with Crippen LogP contribution < -0.4 is 15.6 Å². The molecule has 0 amide bonds. The predicted octanol–water partition coefficient (Wildman–Crippen LogP) is 1.25. The summed E-state index contributed by atoms with van der Waals surface area (Å²) in [4.78, 5) is -0.0722. The third-order valence-corrected chi connectivity index (χ3v) is 4.41. The van der Waals surface area contributed by atoms with Gasteiger partial charge in [-0.15, -0.1) is 0 Å². The maximum atomic E-state index is 11.6. The van der Waals surface area contributed by atoms with Gasteiger partial charge in [0.25, 0.3) is 0 Å². The van der Waals surface area contributed by atoms with Gasteiger partial charge in [0, 0.05) is 19.2 Å². The van der Waals surface area contributed by atoms with Crippen molar-refractivity contribution in [1.29, 1.82) is 0 Å². The highest BCUT2D eigenvalue weighted by Gasteiger charge is 2.25. The second kappa shape index (κ2) is 5.99. The number of benzene rings is 1. The molecule has 1 aromatic carbocycles. The molecule has 0 aliphatic heterocycles. The van der Waals surface area contributed by atoms with Crippen molar-refractivity contribution in [3.8, 4) is 5.75 Å². The second-order valence-corrected chi connectivity index (χ2v) is 6.55. The zero-order chi connectivity index (χ0) is 14.8. The number of anilines is 1.